The number of ketones is 1. The van der Waals surface area contributed by atoms with Crippen molar-refractivity contribution in [3.63, 3.8) is 0 Å². The van der Waals surface area contributed by atoms with E-state index in [4.69, 9.17) is 10.5 Å². The molecule has 64 valence electrons. The van der Waals surface area contributed by atoms with Gasteiger partial charge in [0, 0.05) is 13.0 Å². The van der Waals surface area contributed by atoms with Gasteiger partial charge in [0.25, 0.3) is 0 Å². The number of nitrogens with two attached hydrogens (primary N) is 1. The van der Waals surface area contributed by atoms with Crippen molar-refractivity contribution >= 4 is 5.78 Å². The van der Waals surface area contributed by atoms with Gasteiger partial charge in [-0.3, -0.25) is 10.5 Å². The van der Waals surface area contributed by atoms with Crippen LogP contribution in [0.25, 0.3) is 0 Å². The summed E-state index contributed by atoms with van der Waals surface area (Å²) in [6.07, 6.45) is 0. The molecular formula is C8H10N2O2. The van der Waals surface area contributed by atoms with Gasteiger partial charge in [-0.05, 0) is 6.07 Å². The molecule has 12 heavy (non-hydrogen) atoms. The van der Waals surface area contributed by atoms with Gasteiger partial charge in [-0.15, -0.1) is 0 Å². The van der Waals surface area contributed by atoms with Crippen LogP contribution in [0.5, 0.6) is 5.88 Å². The summed E-state index contributed by atoms with van der Waals surface area (Å²) < 4.78 is 4.91. The fourth-order valence-corrected chi connectivity index (χ4v) is 0.777. The number of Topliss-reactive ketones (excluding diaryl/α,β-unsaturated/α-hetero) is 1. The zero-order valence-corrected chi connectivity index (χ0v) is 6.78. The Morgan fingerprint density at radius 1 is 1.67 bits per heavy atom. The first-order chi connectivity index (χ1) is 5.74. The molecular weight excluding hydrogens is 156 g/mol. The Morgan fingerprint density at radius 3 is 3.00 bits per heavy atom. The van der Waals surface area contributed by atoms with Gasteiger partial charge in [0.2, 0.25) is 5.88 Å². The lowest BCUT2D eigenvalue weighted by Gasteiger charge is -2.01. The predicted molar refractivity (Wildman–Crippen MR) is 43.9 cm³/mol. The summed E-state index contributed by atoms with van der Waals surface area (Å²) in [6, 6.07) is 4.99. The molecule has 0 bridgehead atoms. The molecule has 1 heterocycles. The van der Waals surface area contributed by atoms with E-state index in [-0.39, 0.29) is 12.5 Å². The van der Waals surface area contributed by atoms with Crippen molar-refractivity contribution in [3.8, 4) is 5.88 Å². The van der Waals surface area contributed by atoms with Crippen LogP contribution >= 0.6 is 0 Å². The van der Waals surface area contributed by atoms with Crippen LogP contribution in [-0.4, -0.2) is 17.5 Å². The van der Waals surface area contributed by atoms with Crippen LogP contribution in [0.1, 0.15) is 17.4 Å². The average molecular weight is 166 g/mol. The highest BCUT2D eigenvalue weighted by molar-refractivity contribution is 5.92. The van der Waals surface area contributed by atoms with Gasteiger partial charge in [-0.1, -0.05) is 6.07 Å². The van der Waals surface area contributed by atoms with E-state index in [0.29, 0.717) is 11.6 Å². The van der Waals surface area contributed by atoms with Crippen molar-refractivity contribution in [1.82, 2.24) is 4.98 Å². The number of hydrogen-bond acceptors (Lipinski definition) is 4. The lowest BCUT2D eigenvalue weighted by atomic mass is 10.3. The molecule has 1 aromatic rings. The van der Waals surface area contributed by atoms with E-state index in [2.05, 4.69) is 4.98 Å². The molecule has 2 N–H and O–H groups in total. The molecule has 0 fully saturated rings. The minimum absolute atomic E-state index is 0.0638. The van der Waals surface area contributed by atoms with Crippen LogP contribution < -0.4 is 10.5 Å². The normalized spacial score (nSPS) is 9.50. The fourth-order valence-electron chi connectivity index (χ4n) is 0.777. The van der Waals surface area contributed by atoms with Crippen LogP contribution in [0.15, 0.2) is 18.2 Å². The molecule has 4 heteroatoms. The quantitative estimate of drug-likeness (QED) is 0.527. The van der Waals surface area contributed by atoms with Crippen molar-refractivity contribution in [1.29, 1.82) is 0 Å². The molecule has 0 radical (unpaired) electrons. The minimum Gasteiger partial charge on any atom is -0.462 e. The SMILES string of the molecule is CC(=O)c1cccc(OCN)n1. The molecule has 4 nitrogen and oxygen atoms in total. The van der Waals surface area contributed by atoms with Gasteiger partial charge in [-0.2, -0.15) is 0 Å². The first-order valence-electron chi connectivity index (χ1n) is 3.55. The van der Waals surface area contributed by atoms with Crippen molar-refractivity contribution in [2.45, 2.75) is 6.92 Å². The molecule has 0 amide bonds. The Kier molecular flexibility index (Phi) is 2.76. The molecule has 0 aliphatic carbocycles. The van der Waals surface area contributed by atoms with Gasteiger partial charge in [0.1, 0.15) is 12.4 Å². The van der Waals surface area contributed by atoms with Gasteiger partial charge in [0.05, 0.1) is 0 Å². The number of aromatic nitrogens is 1. The summed E-state index contributed by atoms with van der Waals surface area (Å²) in [5.41, 5.74) is 5.53. The van der Waals surface area contributed by atoms with Crippen molar-refractivity contribution in [2.24, 2.45) is 5.73 Å². The molecule has 0 aliphatic rings. The molecule has 0 atom stereocenters. The maximum Gasteiger partial charge on any atom is 0.215 e. The van der Waals surface area contributed by atoms with Gasteiger partial charge in [-0.25, -0.2) is 4.98 Å². The maximum atomic E-state index is 10.9. The lowest BCUT2D eigenvalue weighted by molar-refractivity contribution is 0.101. The van der Waals surface area contributed by atoms with E-state index in [1.165, 1.54) is 6.92 Å². The van der Waals surface area contributed by atoms with Crippen molar-refractivity contribution < 1.29 is 9.53 Å². The first kappa shape index (κ1) is 8.67. The summed E-state index contributed by atoms with van der Waals surface area (Å²) in [5.74, 6) is 0.294. The van der Waals surface area contributed by atoms with Crippen LogP contribution in [-0.2, 0) is 0 Å². The van der Waals surface area contributed by atoms with Gasteiger partial charge in [0.15, 0.2) is 5.78 Å². The van der Waals surface area contributed by atoms with E-state index >= 15 is 0 Å². The highest BCUT2D eigenvalue weighted by Crippen LogP contribution is 2.06. The zero-order chi connectivity index (χ0) is 8.97. The highest BCUT2D eigenvalue weighted by Gasteiger charge is 2.01. The highest BCUT2D eigenvalue weighted by atomic mass is 16.5. The molecule has 1 rings (SSSR count). The standard InChI is InChI=1S/C8H10N2O2/c1-6(11)7-3-2-4-8(10-7)12-5-9/h2-4H,5,9H2,1H3. The number of nitrogens with zero attached hydrogens (tertiary/aromatic N) is 1. The molecule has 0 saturated carbocycles. The summed E-state index contributed by atoms with van der Waals surface area (Å²) in [6.45, 7) is 1.52. The number of carbonyl (C=O) groups excluding carboxylic acids is 1. The number of hydrogen-bond donors (Lipinski definition) is 1. The molecule has 1 aromatic heterocycles. The molecule has 0 aromatic carbocycles. The van der Waals surface area contributed by atoms with E-state index in [9.17, 15) is 4.79 Å². The number of pyridine rings is 1. The van der Waals surface area contributed by atoms with Crippen molar-refractivity contribution in [3.05, 3.63) is 23.9 Å². The second-order valence-corrected chi connectivity index (χ2v) is 2.23. The van der Waals surface area contributed by atoms with E-state index in [1.807, 2.05) is 0 Å². The number of carbonyl (C=O) groups is 1. The maximum absolute atomic E-state index is 10.9. The second-order valence-electron chi connectivity index (χ2n) is 2.23. The number of ether oxygens (including phenoxy) is 1. The monoisotopic (exact) mass is 166 g/mol. The Balaban J connectivity index is 2.88. The van der Waals surface area contributed by atoms with Crippen LogP contribution in [0, 0.1) is 0 Å². The third kappa shape index (κ3) is 2.03. The Labute approximate surface area is 70.4 Å². The second kappa shape index (κ2) is 3.82. The topological polar surface area (TPSA) is 65.2 Å². The molecule has 0 spiro atoms. The summed E-state index contributed by atoms with van der Waals surface area (Å²) in [7, 11) is 0. The van der Waals surface area contributed by atoms with E-state index in [0.717, 1.165) is 0 Å². The first-order valence-corrected chi connectivity index (χ1v) is 3.55. The summed E-state index contributed by atoms with van der Waals surface area (Å²) in [5, 5.41) is 0. The Hall–Kier alpha value is -1.42. The summed E-state index contributed by atoms with van der Waals surface area (Å²) >= 11 is 0. The third-order valence-corrected chi connectivity index (χ3v) is 1.32. The van der Waals surface area contributed by atoms with E-state index in [1.54, 1.807) is 18.2 Å². The van der Waals surface area contributed by atoms with E-state index < -0.39 is 0 Å². The van der Waals surface area contributed by atoms with Crippen LogP contribution in [0.2, 0.25) is 0 Å². The van der Waals surface area contributed by atoms with Gasteiger partial charge < -0.3 is 4.74 Å². The third-order valence-electron chi connectivity index (χ3n) is 1.32. The fraction of sp³-hybridized carbons (Fsp3) is 0.250. The predicted octanol–water partition coefficient (Wildman–Crippen LogP) is 0.579. The molecule has 0 saturated heterocycles. The van der Waals surface area contributed by atoms with Crippen LogP contribution in [0.4, 0.5) is 0 Å². The minimum atomic E-state index is -0.0857. The largest absolute Gasteiger partial charge is 0.462 e. The molecule has 0 unspecified atom stereocenters. The Morgan fingerprint density at radius 2 is 2.42 bits per heavy atom. The van der Waals surface area contributed by atoms with Gasteiger partial charge >= 0.3 is 0 Å². The smallest absolute Gasteiger partial charge is 0.215 e. The molecule has 0 aliphatic heterocycles. The summed E-state index contributed by atoms with van der Waals surface area (Å²) in [4.78, 5) is 14.8. The van der Waals surface area contributed by atoms with Crippen LogP contribution in [0.3, 0.4) is 0 Å². The number of rotatable bonds is 3. The zero-order valence-electron chi connectivity index (χ0n) is 6.78. The average Bonchev–Trinajstić information content (AvgIpc) is 2.05. The Bertz CT molecular complexity index is 286. The lowest BCUT2D eigenvalue weighted by Crippen LogP contribution is -2.09. The van der Waals surface area contributed by atoms with Crippen molar-refractivity contribution in [2.75, 3.05) is 6.73 Å².